The molecule has 0 aliphatic heterocycles. The summed E-state index contributed by atoms with van der Waals surface area (Å²) in [5, 5.41) is 9.42. The molecule has 0 aliphatic carbocycles. The molecule has 1 heterocycles. The van der Waals surface area contributed by atoms with Crippen molar-refractivity contribution >= 4 is 5.84 Å². The summed E-state index contributed by atoms with van der Waals surface area (Å²) in [6, 6.07) is 11.9. The van der Waals surface area contributed by atoms with Crippen LogP contribution < -0.4 is 10.2 Å². The van der Waals surface area contributed by atoms with Crippen molar-refractivity contribution in [2.45, 2.75) is 6.54 Å². The quantitative estimate of drug-likeness (QED) is 0.399. The third kappa shape index (κ3) is 4.42. The van der Waals surface area contributed by atoms with Gasteiger partial charge in [0.05, 0.1) is 12.1 Å². The molecular weight excluding hydrogens is 359 g/mol. The lowest BCUT2D eigenvalue weighted by Gasteiger charge is -2.11. The molecule has 2 N–H and O–H groups in total. The van der Waals surface area contributed by atoms with Crippen LogP contribution in [0.4, 0.5) is 13.2 Å². The summed E-state index contributed by atoms with van der Waals surface area (Å²) in [7, 11) is 0. The Bertz CT molecular complexity index is 942. The molecule has 0 saturated carbocycles. The van der Waals surface area contributed by atoms with E-state index in [0.29, 0.717) is 5.75 Å². The zero-order valence-electron chi connectivity index (χ0n) is 13.9. The molecule has 1 aromatic heterocycles. The molecule has 3 rings (SSSR count). The molecule has 0 aliphatic rings. The predicted molar refractivity (Wildman–Crippen MR) is 92.2 cm³/mol. The molecule has 0 bridgehead atoms. The lowest BCUT2D eigenvalue weighted by atomic mass is 10.2. The Kier molecular flexibility index (Phi) is 5.68. The van der Waals surface area contributed by atoms with E-state index in [1.807, 2.05) is 5.48 Å². The van der Waals surface area contributed by atoms with Crippen molar-refractivity contribution in [3.63, 3.8) is 0 Å². The second-order valence-electron chi connectivity index (χ2n) is 5.39. The Morgan fingerprint density at radius 3 is 2.37 bits per heavy atom. The van der Waals surface area contributed by atoms with Crippen molar-refractivity contribution in [1.29, 1.82) is 0 Å². The highest BCUT2D eigenvalue weighted by atomic mass is 19.1. The predicted octanol–water partition coefficient (Wildman–Crippen LogP) is 4.22. The number of benzene rings is 2. The van der Waals surface area contributed by atoms with Crippen LogP contribution in [0.25, 0.3) is 0 Å². The number of amidine groups is 1. The van der Waals surface area contributed by atoms with E-state index in [9.17, 15) is 18.4 Å². The van der Waals surface area contributed by atoms with Gasteiger partial charge in [0.2, 0.25) is 5.88 Å². The number of pyridine rings is 1. The highest BCUT2D eigenvalue weighted by molar-refractivity contribution is 6.00. The van der Waals surface area contributed by atoms with Gasteiger partial charge >= 0.3 is 0 Å². The van der Waals surface area contributed by atoms with Crippen LogP contribution in [0.15, 0.2) is 65.8 Å². The average Bonchev–Trinajstić information content (AvgIpc) is 2.67. The summed E-state index contributed by atoms with van der Waals surface area (Å²) < 4.78 is 46.1. The number of aromatic nitrogens is 1. The first kappa shape index (κ1) is 18.4. The summed E-state index contributed by atoms with van der Waals surface area (Å²) in [6.07, 6.45) is 1.45. The lowest BCUT2D eigenvalue weighted by Crippen LogP contribution is -2.21. The smallest absolute Gasteiger partial charge is 0.230 e. The lowest BCUT2D eigenvalue weighted by molar-refractivity contribution is 0.234. The van der Waals surface area contributed by atoms with E-state index >= 15 is 0 Å². The van der Waals surface area contributed by atoms with Crippen LogP contribution in [0.2, 0.25) is 0 Å². The van der Waals surface area contributed by atoms with Gasteiger partial charge in [-0.3, -0.25) is 15.7 Å². The zero-order valence-corrected chi connectivity index (χ0v) is 13.9. The monoisotopic (exact) mass is 373 g/mol. The van der Waals surface area contributed by atoms with E-state index in [1.165, 1.54) is 36.5 Å². The Hall–Kier alpha value is -3.39. The normalized spacial score (nSPS) is 11.3. The van der Waals surface area contributed by atoms with E-state index in [-0.39, 0.29) is 29.4 Å². The molecule has 3 aromatic rings. The summed E-state index contributed by atoms with van der Waals surface area (Å²) >= 11 is 0. The summed E-state index contributed by atoms with van der Waals surface area (Å²) in [4.78, 5) is 8.08. The molecular formula is C19H14F3N3O2. The van der Waals surface area contributed by atoms with Gasteiger partial charge in [-0.2, -0.15) is 0 Å². The molecule has 8 heteroatoms. The van der Waals surface area contributed by atoms with E-state index in [4.69, 9.17) is 4.74 Å². The van der Waals surface area contributed by atoms with Gasteiger partial charge in [0.15, 0.2) is 5.84 Å². The molecule has 27 heavy (non-hydrogen) atoms. The summed E-state index contributed by atoms with van der Waals surface area (Å²) in [6.45, 7) is -0.355. The molecule has 2 aromatic carbocycles. The second-order valence-corrected chi connectivity index (χ2v) is 5.39. The average molecular weight is 373 g/mol. The molecule has 0 spiro atoms. The summed E-state index contributed by atoms with van der Waals surface area (Å²) in [5.74, 6) is -1.63. The van der Waals surface area contributed by atoms with Gasteiger partial charge in [-0.15, -0.1) is 0 Å². The first-order valence-electron chi connectivity index (χ1n) is 7.84. The number of hydrogen-bond acceptors (Lipinski definition) is 4. The van der Waals surface area contributed by atoms with E-state index < -0.39 is 17.5 Å². The van der Waals surface area contributed by atoms with Crippen molar-refractivity contribution in [3.8, 4) is 11.6 Å². The molecule has 5 nitrogen and oxygen atoms in total. The molecule has 0 radical (unpaired) electrons. The number of ether oxygens (including phenoxy) is 1. The molecule has 0 saturated heterocycles. The van der Waals surface area contributed by atoms with Crippen LogP contribution in [0.5, 0.6) is 11.6 Å². The van der Waals surface area contributed by atoms with Gasteiger partial charge in [0, 0.05) is 11.8 Å². The first-order chi connectivity index (χ1) is 13.1. The number of nitrogens with zero attached hydrogens (tertiary/aromatic N) is 2. The second kappa shape index (κ2) is 8.33. The maximum Gasteiger partial charge on any atom is 0.230 e. The van der Waals surface area contributed by atoms with Crippen molar-refractivity contribution in [2.75, 3.05) is 0 Å². The van der Waals surface area contributed by atoms with Gasteiger partial charge in [-0.25, -0.2) is 18.2 Å². The van der Waals surface area contributed by atoms with Crippen molar-refractivity contribution < 1.29 is 23.1 Å². The Balaban J connectivity index is 1.90. The molecule has 0 unspecified atom stereocenters. The molecule has 0 fully saturated rings. The standard InChI is InChI=1S/C19H14F3N3O2/c20-12-6-8-13(9-7-12)27-19-14(3-2-10-23-19)18(25-26)24-11-15-16(21)4-1-5-17(15)22/h1-10,26H,11H2,(H,24,25). The largest absolute Gasteiger partial charge is 0.438 e. The minimum atomic E-state index is -0.745. The minimum absolute atomic E-state index is 0.0680. The van der Waals surface area contributed by atoms with E-state index in [1.54, 1.807) is 12.1 Å². The SMILES string of the molecule is ONC(=NCc1c(F)cccc1F)c1cccnc1Oc1ccc(F)cc1. The maximum atomic E-state index is 13.7. The van der Waals surface area contributed by atoms with Crippen LogP contribution in [0.3, 0.4) is 0 Å². The minimum Gasteiger partial charge on any atom is -0.438 e. The van der Waals surface area contributed by atoms with Crippen molar-refractivity contribution in [2.24, 2.45) is 4.99 Å². The Labute approximate surface area is 152 Å². The van der Waals surface area contributed by atoms with Gasteiger partial charge in [-0.1, -0.05) is 6.07 Å². The fourth-order valence-electron chi connectivity index (χ4n) is 2.29. The Morgan fingerprint density at radius 2 is 1.70 bits per heavy atom. The van der Waals surface area contributed by atoms with E-state index in [2.05, 4.69) is 9.98 Å². The van der Waals surface area contributed by atoms with Gasteiger partial charge in [0.25, 0.3) is 0 Å². The fourth-order valence-corrected chi connectivity index (χ4v) is 2.29. The van der Waals surface area contributed by atoms with Crippen LogP contribution in [-0.2, 0) is 6.54 Å². The fraction of sp³-hybridized carbons (Fsp3) is 0.0526. The highest BCUT2D eigenvalue weighted by Crippen LogP contribution is 2.23. The van der Waals surface area contributed by atoms with Gasteiger partial charge in [-0.05, 0) is 48.5 Å². The molecule has 0 amide bonds. The van der Waals surface area contributed by atoms with Crippen molar-refractivity contribution in [3.05, 3.63) is 89.4 Å². The number of nitrogens with one attached hydrogen (secondary N) is 1. The number of rotatable bonds is 5. The van der Waals surface area contributed by atoms with Crippen LogP contribution in [0.1, 0.15) is 11.1 Å². The first-order valence-corrected chi connectivity index (χ1v) is 7.84. The molecule has 0 atom stereocenters. The van der Waals surface area contributed by atoms with E-state index in [0.717, 1.165) is 12.1 Å². The number of halogens is 3. The maximum absolute atomic E-state index is 13.7. The third-order valence-corrected chi connectivity index (χ3v) is 3.62. The zero-order chi connectivity index (χ0) is 19.2. The summed E-state index contributed by atoms with van der Waals surface area (Å²) in [5.41, 5.74) is 1.90. The van der Waals surface area contributed by atoms with Crippen LogP contribution in [0, 0.1) is 17.5 Å². The number of hydrogen-bond donors (Lipinski definition) is 2. The third-order valence-electron chi connectivity index (χ3n) is 3.62. The van der Waals surface area contributed by atoms with Crippen LogP contribution in [-0.4, -0.2) is 16.0 Å². The number of hydroxylamine groups is 1. The highest BCUT2D eigenvalue weighted by Gasteiger charge is 2.14. The topological polar surface area (TPSA) is 66.7 Å². The van der Waals surface area contributed by atoms with Gasteiger partial charge < -0.3 is 4.74 Å². The van der Waals surface area contributed by atoms with Gasteiger partial charge in [0.1, 0.15) is 23.2 Å². The number of aliphatic imine (C=N–C) groups is 1. The van der Waals surface area contributed by atoms with Crippen LogP contribution >= 0.6 is 0 Å². The van der Waals surface area contributed by atoms with Crippen molar-refractivity contribution in [1.82, 2.24) is 10.5 Å². The molecule has 138 valence electrons. The Morgan fingerprint density at radius 1 is 1.00 bits per heavy atom.